The number of fused-ring (bicyclic) bond motifs is 1. The zero-order valence-electron chi connectivity index (χ0n) is 18.7. The van der Waals surface area contributed by atoms with E-state index < -0.39 is 0 Å². The summed E-state index contributed by atoms with van der Waals surface area (Å²) in [5, 5.41) is 6.19. The monoisotopic (exact) mass is 486 g/mol. The summed E-state index contributed by atoms with van der Waals surface area (Å²) in [5.74, 6) is -0.113. The van der Waals surface area contributed by atoms with E-state index in [1.807, 2.05) is 73.8 Å². The molecule has 2 aromatic carbocycles. The molecule has 0 unspecified atom stereocenters. The van der Waals surface area contributed by atoms with Crippen LogP contribution in [-0.4, -0.2) is 20.4 Å². The minimum Gasteiger partial charge on any atom is -0.325 e. The third kappa shape index (κ3) is 4.42. The number of thiazole rings is 1. The molecule has 0 aliphatic rings. The average molecular weight is 487 g/mol. The van der Waals surface area contributed by atoms with Crippen molar-refractivity contribution in [2.24, 2.45) is 0 Å². The number of nitrogens with one attached hydrogen (secondary N) is 1. The van der Waals surface area contributed by atoms with E-state index in [0.717, 1.165) is 37.8 Å². The minimum atomic E-state index is -0.113. The summed E-state index contributed by atoms with van der Waals surface area (Å²) in [5.41, 5.74) is 4.51. The zero-order valence-corrected chi connectivity index (χ0v) is 20.4. The van der Waals surface area contributed by atoms with Gasteiger partial charge in [-0.2, -0.15) is 0 Å². The maximum absolute atomic E-state index is 13.3. The van der Waals surface area contributed by atoms with Crippen LogP contribution >= 0.6 is 22.7 Å². The highest BCUT2D eigenvalue weighted by Crippen LogP contribution is 2.35. The number of benzene rings is 2. The van der Waals surface area contributed by atoms with Crippen molar-refractivity contribution >= 4 is 44.5 Å². The second kappa shape index (κ2) is 9.32. The number of carbonyl (C=O) groups excluding carboxylic acids is 1. The fraction of sp³-hybridized carbons (Fsp3) is 0.154. The Morgan fingerprint density at radius 1 is 1.06 bits per heavy atom. The lowest BCUT2D eigenvalue weighted by Gasteiger charge is -2.06. The van der Waals surface area contributed by atoms with Crippen molar-refractivity contribution in [3.05, 3.63) is 98.5 Å². The standard InChI is InChI=1S/C26H22N4O2S2/c1-16-8-6-7-11-20(16)29-21(31)12-22-28-19(14-33-22)13-30-15-27-25-23(26(30)32)17(2)24(34-25)18-9-4-3-5-10-18/h3-11,14-15H,12-13H2,1-2H3,(H,29,31). The summed E-state index contributed by atoms with van der Waals surface area (Å²) in [4.78, 5) is 36.6. The van der Waals surface area contributed by atoms with Gasteiger partial charge in [-0.05, 0) is 36.6 Å². The molecule has 0 aliphatic carbocycles. The van der Waals surface area contributed by atoms with Crippen LogP contribution in [0, 0.1) is 13.8 Å². The SMILES string of the molecule is Cc1ccccc1NC(=O)Cc1nc(Cn2cnc3sc(-c4ccccc4)c(C)c3c2=O)cs1. The summed E-state index contributed by atoms with van der Waals surface area (Å²) < 4.78 is 1.59. The van der Waals surface area contributed by atoms with Crippen molar-refractivity contribution in [2.45, 2.75) is 26.8 Å². The summed E-state index contributed by atoms with van der Waals surface area (Å²) in [7, 11) is 0. The molecule has 0 atom stereocenters. The van der Waals surface area contributed by atoms with Gasteiger partial charge in [-0.25, -0.2) is 9.97 Å². The lowest BCUT2D eigenvalue weighted by molar-refractivity contribution is -0.115. The number of thiophene rings is 1. The largest absolute Gasteiger partial charge is 0.325 e. The van der Waals surface area contributed by atoms with Crippen LogP contribution in [0.2, 0.25) is 0 Å². The van der Waals surface area contributed by atoms with Gasteiger partial charge in [0.05, 0.1) is 30.4 Å². The molecule has 5 aromatic rings. The summed E-state index contributed by atoms with van der Waals surface area (Å²) >= 11 is 2.96. The smallest absolute Gasteiger partial charge is 0.262 e. The number of amides is 1. The summed E-state index contributed by atoms with van der Waals surface area (Å²) in [6.45, 7) is 4.24. The molecule has 3 heterocycles. The average Bonchev–Trinajstić information content (AvgIpc) is 3.42. The number of hydrogen-bond acceptors (Lipinski definition) is 6. The second-order valence-corrected chi connectivity index (χ2v) is 9.99. The number of hydrogen-bond donors (Lipinski definition) is 1. The third-order valence-electron chi connectivity index (χ3n) is 5.62. The molecule has 6 nitrogen and oxygen atoms in total. The third-order valence-corrected chi connectivity index (χ3v) is 7.76. The van der Waals surface area contributed by atoms with E-state index in [-0.39, 0.29) is 17.9 Å². The van der Waals surface area contributed by atoms with Crippen LogP contribution in [0.5, 0.6) is 0 Å². The zero-order chi connectivity index (χ0) is 23.7. The molecule has 34 heavy (non-hydrogen) atoms. The van der Waals surface area contributed by atoms with Gasteiger partial charge >= 0.3 is 0 Å². The van der Waals surface area contributed by atoms with Crippen LogP contribution in [0.15, 0.2) is 71.1 Å². The quantitative estimate of drug-likeness (QED) is 0.347. The Morgan fingerprint density at radius 2 is 1.82 bits per heavy atom. The highest BCUT2D eigenvalue weighted by molar-refractivity contribution is 7.22. The predicted octanol–water partition coefficient (Wildman–Crippen LogP) is 5.43. The normalized spacial score (nSPS) is 11.1. The van der Waals surface area contributed by atoms with Gasteiger partial charge in [0, 0.05) is 15.9 Å². The predicted molar refractivity (Wildman–Crippen MR) is 139 cm³/mol. The second-order valence-electron chi connectivity index (χ2n) is 8.05. The molecular formula is C26H22N4O2S2. The Labute approximate surface area is 204 Å². The Morgan fingerprint density at radius 3 is 2.62 bits per heavy atom. The molecule has 0 bridgehead atoms. The van der Waals surface area contributed by atoms with Crippen LogP contribution in [0.25, 0.3) is 20.7 Å². The molecule has 170 valence electrons. The molecule has 0 fully saturated rings. The van der Waals surface area contributed by atoms with Crippen LogP contribution in [0.4, 0.5) is 5.69 Å². The number of para-hydroxylation sites is 1. The molecule has 0 saturated carbocycles. The number of aromatic nitrogens is 3. The van der Waals surface area contributed by atoms with E-state index >= 15 is 0 Å². The summed E-state index contributed by atoms with van der Waals surface area (Å²) in [6, 6.07) is 17.7. The van der Waals surface area contributed by atoms with E-state index in [0.29, 0.717) is 16.9 Å². The maximum Gasteiger partial charge on any atom is 0.262 e. The Bertz CT molecular complexity index is 1550. The Balaban J connectivity index is 1.34. The van der Waals surface area contributed by atoms with Crippen molar-refractivity contribution in [1.82, 2.24) is 14.5 Å². The van der Waals surface area contributed by atoms with Gasteiger partial charge in [-0.3, -0.25) is 14.2 Å². The summed E-state index contributed by atoms with van der Waals surface area (Å²) in [6.07, 6.45) is 1.77. The van der Waals surface area contributed by atoms with Crippen molar-refractivity contribution in [3.8, 4) is 10.4 Å². The maximum atomic E-state index is 13.3. The first-order chi connectivity index (χ1) is 16.5. The van der Waals surface area contributed by atoms with Crippen molar-refractivity contribution in [1.29, 1.82) is 0 Å². The molecule has 8 heteroatoms. The van der Waals surface area contributed by atoms with Crippen molar-refractivity contribution < 1.29 is 4.79 Å². The van der Waals surface area contributed by atoms with Gasteiger partial charge in [0.15, 0.2) is 0 Å². The molecule has 1 N–H and O–H groups in total. The molecule has 5 rings (SSSR count). The number of rotatable bonds is 6. The van der Waals surface area contributed by atoms with Gasteiger partial charge in [0.25, 0.3) is 5.56 Å². The number of nitrogens with zero attached hydrogens (tertiary/aromatic N) is 3. The first-order valence-electron chi connectivity index (χ1n) is 10.8. The van der Waals surface area contributed by atoms with Gasteiger partial charge in [0.1, 0.15) is 9.84 Å². The van der Waals surface area contributed by atoms with Gasteiger partial charge in [-0.1, -0.05) is 48.5 Å². The fourth-order valence-electron chi connectivity index (χ4n) is 3.86. The Hall–Kier alpha value is -3.62. The first-order valence-corrected chi connectivity index (χ1v) is 12.5. The van der Waals surface area contributed by atoms with E-state index in [2.05, 4.69) is 15.3 Å². The number of anilines is 1. The van der Waals surface area contributed by atoms with Gasteiger partial charge < -0.3 is 5.32 Å². The Kier molecular flexibility index (Phi) is 6.08. The first kappa shape index (κ1) is 22.2. The molecule has 0 spiro atoms. The van der Waals surface area contributed by atoms with Crippen LogP contribution in [-0.2, 0) is 17.8 Å². The molecule has 1 amide bonds. The lowest BCUT2D eigenvalue weighted by Crippen LogP contribution is -2.21. The van der Waals surface area contributed by atoms with Crippen LogP contribution in [0.3, 0.4) is 0 Å². The van der Waals surface area contributed by atoms with Crippen LogP contribution < -0.4 is 10.9 Å². The minimum absolute atomic E-state index is 0.0761. The van der Waals surface area contributed by atoms with Crippen molar-refractivity contribution in [3.63, 3.8) is 0 Å². The lowest BCUT2D eigenvalue weighted by atomic mass is 10.1. The van der Waals surface area contributed by atoms with E-state index in [1.165, 1.54) is 22.7 Å². The van der Waals surface area contributed by atoms with E-state index in [1.54, 1.807) is 10.9 Å². The number of aryl methyl sites for hydroxylation is 2. The van der Waals surface area contributed by atoms with E-state index in [9.17, 15) is 9.59 Å². The molecule has 0 saturated heterocycles. The molecule has 3 aromatic heterocycles. The highest BCUT2D eigenvalue weighted by atomic mass is 32.1. The molecular weight excluding hydrogens is 464 g/mol. The van der Waals surface area contributed by atoms with Crippen LogP contribution in [0.1, 0.15) is 21.8 Å². The van der Waals surface area contributed by atoms with Gasteiger partial charge in [0.2, 0.25) is 5.91 Å². The van der Waals surface area contributed by atoms with Crippen molar-refractivity contribution in [2.75, 3.05) is 5.32 Å². The topological polar surface area (TPSA) is 76.9 Å². The fourth-order valence-corrected chi connectivity index (χ4v) is 5.79. The highest BCUT2D eigenvalue weighted by Gasteiger charge is 2.16. The van der Waals surface area contributed by atoms with Gasteiger partial charge in [-0.15, -0.1) is 22.7 Å². The molecule has 0 radical (unpaired) electrons. The number of carbonyl (C=O) groups is 1. The molecule has 0 aliphatic heterocycles. The van der Waals surface area contributed by atoms with E-state index in [4.69, 9.17) is 0 Å².